The second-order valence-electron chi connectivity index (χ2n) is 7.19. The van der Waals surface area contributed by atoms with Gasteiger partial charge in [0.2, 0.25) is 0 Å². The Balaban J connectivity index is 1.95. The van der Waals surface area contributed by atoms with Gasteiger partial charge in [-0.15, -0.1) is 0 Å². The molecule has 0 aliphatic carbocycles. The molecule has 0 fully saturated rings. The van der Waals surface area contributed by atoms with Crippen molar-refractivity contribution in [2.24, 2.45) is 0 Å². The third-order valence-corrected chi connectivity index (χ3v) is 12.6. The van der Waals surface area contributed by atoms with Crippen LogP contribution in [0.3, 0.4) is 0 Å². The molecule has 4 rings (SSSR count). The standard InChI is InChI=1S/C27H24ClP/c28-29(25-17-7-2-8-18-25,26-19-9-3-10-20-26,27-21-11-4-12-22-27)23-13-16-24-14-5-1-6-15-24/h1-22H,23H2/b16-13+. The summed E-state index contributed by atoms with van der Waals surface area (Å²) in [4.78, 5) is 0. The first-order valence-corrected chi connectivity index (χ1v) is 13.2. The van der Waals surface area contributed by atoms with Gasteiger partial charge in [0.05, 0.1) is 0 Å². The van der Waals surface area contributed by atoms with Crippen LogP contribution in [-0.4, -0.2) is 6.16 Å². The molecular formula is C27H24ClP. The summed E-state index contributed by atoms with van der Waals surface area (Å²) in [6, 6.07) is 42.2. The van der Waals surface area contributed by atoms with Crippen molar-refractivity contribution >= 4 is 39.2 Å². The summed E-state index contributed by atoms with van der Waals surface area (Å²) in [6.45, 7) is 0. The molecule has 0 bridgehead atoms. The van der Waals surface area contributed by atoms with E-state index in [9.17, 15) is 0 Å². The van der Waals surface area contributed by atoms with Crippen molar-refractivity contribution in [2.75, 3.05) is 6.16 Å². The van der Waals surface area contributed by atoms with E-state index >= 15 is 0 Å². The van der Waals surface area contributed by atoms with Crippen LogP contribution in [0.15, 0.2) is 127 Å². The Morgan fingerprint density at radius 1 is 0.517 bits per heavy atom. The van der Waals surface area contributed by atoms with Crippen molar-refractivity contribution in [1.82, 2.24) is 0 Å². The molecule has 29 heavy (non-hydrogen) atoms. The van der Waals surface area contributed by atoms with E-state index in [1.165, 1.54) is 21.5 Å². The van der Waals surface area contributed by atoms with Crippen LogP contribution >= 0.6 is 17.2 Å². The molecule has 0 amide bonds. The minimum atomic E-state index is -3.21. The van der Waals surface area contributed by atoms with Crippen LogP contribution in [0, 0.1) is 0 Å². The third-order valence-electron chi connectivity index (χ3n) is 5.44. The monoisotopic (exact) mass is 414 g/mol. The van der Waals surface area contributed by atoms with Crippen LogP contribution in [0.1, 0.15) is 5.56 Å². The second-order valence-corrected chi connectivity index (χ2v) is 13.7. The number of rotatable bonds is 6. The molecule has 0 aliphatic heterocycles. The van der Waals surface area contributed by atoms with Crippen LogP contribution in [0.2, 0.25) is 0 Å². The maximum atomic E-state index is 8.02. The predicted molar refractivity (Wildman–Crippen MR) is 131 cm³/mol. The summed E-state index contributed by atoms with van der Waals surface area (Å²) in [6.07, 6.45) is 5.17. The summed E-state index contributed by atoms with van der Waals surface area (Å²) in [5, 5.41) is 3.57. The normalized spacial score (nSPS) is 13.1. The van der Waals surface area contributed by atoms with E-state index in [0.29, 0.717) is 0 Å². The summed E-state index contributed by atoms with van der Waals surface area (Å²) < 4.78 is 0. The Bertz CT molecular complexity index is 975. The average Bonchev–Trinajstić information content (AvgIpc) is 2.81. The van der Waals surface area contributed by atoms with Gasteiger partial charge in [0.1, 0.15) is 0 Å². The second kappa shape index (κ2) is 8.37. The molecule has 0 aromatic heterocycles. The summed E-state index contributed by atoms with van der Waals surface area (Å²) >= 11 is 8.02. The Hall–Kier alpha value is -2.66. The van der Waals surface area contributed by atoms with Crippen molar-refractivity contribution < 1.29 is 0 Å². The van der Waals surface area contributed by atoms with Crippen molar-refractivity contribution in [3.8, 4) is 0 Å². The summed E-state index contributed by atoms with van der Waals surface area (Å²) in [5.41, 5.74) is 1.18. The van der Waals surface area contributed by atoms with Crippen molar-refractivity contribution in [3.63, 3.8) is 0 Å². The molecule has 0 unspecified atom stereocenters. The maximum absolute atomic E-state index is 8.02. The zero-order valence-corrected chi connectivity index (χ0v) is 17.9. The quantitative estimate of drug-likeness (QED) is 0.321. The Morgan fingerprint density at radius 2 is 0.862 bits per heavy atom. The topological polar surface area (TPSA) is 0 Å². The molecule has 0 atom stereocenters. The van der Waals surface area contributed by atoms with Crippen molar-refractivity contribution in [1.29, 1.82) is 0 Å². The first-order valence-electron chi connectivity index (χ1n) is 9.83. The zero-order valence-electron chi connectivity index (χ0n) is 16.2. The van der Waals surface area contributed by atoms with Crippen LogP contribution in [-0.2, 0) is 0 Å². The van der Waals surface area contributed by atoms with Gasteiger partial charge in [-0.05, 0) is 0 Å². The molecular weight excluding hydrogens is 391 g/mol. The Morgan fingerprint density at radius 3 is 1.24 bits per heavy atom. The van der Waals surface area contributed by atoms with Crippen LogP contribution < -0.4 is 15.9 Å². The van der Waals surface area contributed by atoms with Gasteiger partial charge in [0.25, 0.3) is 0 Å². The molecule has 2 heteroatoms. The molecule has 0 saturated heterocycles. The van der Waals surface area contributed by atoms with E-state index in [2.05, 4.69) is 127 Å². The molecule has 144 valence electrons. The molecule has 0 saturated carbocycles. The van der Waals surface area contributed by atoms with E-state index in [4.69, 9.17) is 11.2 Å². The first kappa shape index (κ1) is 19.6. The van der Waals surface area contributed by atoms with Crippen molar-refractivity contribution in [2.45, 2.75) is 0 Å². The van der Waals surface area contributed by atoms with Gasteiger partial charge in [-0.25, -0.2) is 0 Å². The summed E-state index contributed by atoms with van der Waals surface area (Å²) in [5.74, 6) is -3.21. The Kier molecular flexibility index (Phi) is 5.67. The zero-order chi connectivity index (χ0) is 20.0. The molecule has 4 aromatic rings. The van der Waals surface area contributed by atoms with E-state index < -0.39 is 5.96 Å². The fourth-order valence-electron chi connectivity index (χ4n) is 3.93. The van der Waals surface area contributed by atoms with E-state index in [-0.39, 0.29) is 0 Å². The van der Waals surface area contributed by atoms with Crippen LogP contribution in [0.25, 0.3) is 6.08 Å². The number of allylic oxidation sites excluding steroid dienone is 1. The molecule has 4 aromatic carbocycles. The fourth-order valence-corrected chi connectivity index (χ4v) is 9.59. The number of hydrogen-bond acceptors (Lipinski definition) is 0. The first-order chi connectivity index (χ1) is 14.2. The van der Waals surface area contributed by atoms with Gasteiger partial charge >= 0.3 is 178 Å². The minimum absolute atomic E-state index is 0.750. The molecule has 0 radical (unpaired) electrons. The molecule has 0 aliphatic rings. The van der Waals surface area contributed by atoms with E-state index in [1.54, 1.807) is 0 Å². The number of halogens is 1. The van der Waals surface area contributed by atoms with Gasteiger partial charge in [-0.3, -0.25) is 0 Å². The fraction of sp³-hybridized carbons (Fsp3) is 0.0370. The number of benzene rings is 4. The van der Waals surface area contributed by atoms with E-state index in [0.717, 1.165) is 6.16 Å². The van der Waals surface area contributed by atoms with Gasteiger partial charge in [0.15, 0.2) is 0 Å². The van der Waals surface area contributed by atoms with Crippen LogP contribution in [0.5, 0.6) is 0 Å². The SMILES string of the molecule is ClP(C/C=C/c1ccccc1)(c1ccccc1)(c1ccccc1)c1ccccc1. The third kappa shape index (κ3) is 3.67. The van der Waals surface area contributed by atoms with Gasteiger partial charge in [0, 0.05) is 0 Å². The van der Waals surface area contributed by atoms with E-state index in [1.807, 2.05) is 6.07 Å². The Labute approximate surface area is 178 Å². The van der Waals surface area contributed by atoms with Crippen LogP contribution in [0.4, 0.5) is 0 Å². The average molecular weight is 415 g/mol. The molecule has 0 heterocycles. The molecule has 0 N–H and O–H groups in total. The number of hydrogen-bond donors (Lipinski definition) is 0. The predicted octanol–water partition coefficient (Wildman–Crippen LogP) is 6.38. The molecule has 0 spiro atoms. The van der Waals surface area contributed by atoms with Crippen molar-refractivity contribution in [3.05, 3.63) is 133 Å². The van der Waals surface area contributed by atoms with Gasteiger partial charge in [-0.1, -0.05) is 0 Å². The summed E-state index contributed by atoms with van der Waals surface area (Å²) in [7, 11) is 0. The van der Waals surface area contributed by atoms with Gasteiger partial charge in [-0.2, -0.15) is 0 Å². The van der Waals surface area contributed by atoms with Gasteiger partial charge < -0.3 is 0 Å². The molecule has 0 nitrogen and oxygen atoms in total.